The predicted molar refractivity (Wildman–Crippen MR) is 111 cm³/mol. The summed E-state index contributed by atoms with van der Waals surface area (Å²) in [7, 11) is 0. The topological polar surface area (TPSA) is 69.7 Å². The van der Waals surface area contributed by atoms with Gasteiger partial charge in [-0.1, -0.05) is 15.9 Å². The Morgan fingerprint density at radius 1 is 1.11 bits per heavy atom. The Labute approximate surface area is 174 Å². The van der Waals surface area contributed by atoms with Crippen molar-refractivity contribution in [1.29, 1.82) is 0 Å². The molecule has 0 aliphatic carbocycles. The Hall–Kier alpha value is -1.89. The molecule has 6 nitrogen and oxygen atoms in total. The van der Waals surface area contributed by atoms with Gasteiger partial charge in [-0.15, -0.1) is 0 Å². The highest BCUT2D eigenvalue weighted by atomic mass is 79.9. The number of nitrogens with one attached hydrogen (secondary N) is 1. The maximum atomic E-state index is 12.9. The third-order valence-corrected chi connectivity index (χ3v) is 6.06. The third kappa shape index (κ3) is 4.74. The van der Waals surface area contributed by atoms with Gasteiger partial charge in [0.05, 0.1) is 5.92 Å². The molecule has 3 amide bonds. The number of amides is 3. The molecule has 0 spiro atoms. The first-order valence-corrected chi connectivity index (χ1v) is 10.6. The zero-order chi connectivity index (χ0) is 20.5. The fourth-order valence-corrected chi connectivity index (χ4v) is 4.16. The maximum Gasteiger partial charge on any atom is 0.251 e. The molecule has 1 unspecified atom stereocenters. The van der Waals surface area contributed by atoms with E-state index in [1.54, 1.807) is 17.0 Å². The summed E-state index contributed by atoms with van der Waals surface area (Å²) in [6, 6.07) is 7.34. The Morgan fingerprint density at radius 2 is 1.71 bits per heavy atom. The number of rotatable bonds is 3. The number of carbonyl (C=O) groups excluding carboxylic acids is 3. The number of hydrogen-bond donors (Lipinski definition) is 1. The van der Waals surface area contributed by atoms with Crippen LogP contribution in [0.3, 0.4) is 0 Å². The summed E-state index contributed by atoms with van der Waals surface area (Å²) in [5, 5.41) is 3.06. The van der Waals surface area contributed by atoms with E-state index in [0.29, 0.717) is 31.6 Å². The number of carbonyl (C=O) groups is 3. The van der Waals surface area contributed by atoms with Crippen LogP contribution in [-0.2, 0) is 9.59 Å². The number of hydrogen-bond acceptors (Lipinski definition) is 3. The molecule has 1 atom stereocenters. The lowest BCUT2D eigenvalue weighted by molar-refractivity contribution is -0.136. The van der Waals surface area contributed by atoms with Gasteiger partial charge in [-0.05, 0) is 57.9 Å². The minimum atomic E-state index is -0.254. The van der Waals surface area contributed by atoms with Gasteiger partial charge in [-0.2, -0.15) is 0 Å². The quantitative estimate of drug-likeness (QED) is 0.770. The SMILES string of the molecule is CC(C)(C)N1CC(C(=O)N2CCC(NC(=O)c3ccc(Br)cc3)CC2)CC1=O. The summed E-state index contributed by atoms with van der Waals surface area (Å²) >= 11 is 3.37. The van der Waals surface area contributed by atoms with E-state index in [2.05, 4.69) is 21.2 Å². The highest BCUT2D eigenvalue weighted by Crippen LogP contribution is 2.28. The van der Waals surface area contributed by atoms with E-state index in [9.17, 15) is 14.4 Å². The molecule has 152 valence electrons. The van der Waals surface area contributed by atoms with E-state index in [4.69, 9.17) is 0 Å². The van der Waals surface area contributed by atoms with Crippen molar-refractivity contribution >= 4 is 33.7 Å². The summed E-state index contributed by atoms with van der Waals surface area (Å²) < 4.78 is 0.936. The predicted octanol–water partition coefficient (Wildman–Crippen LogP) is 2.82. The Morgan fingerprint density at radius 3 is 2.25 bits per heavy atom. The normalized spacial score (nSPS) is 21.1. The Balaban J connectivity index is 1.50. The number of likely N-dealkylation sites (tertiary alicyclic amines) is 2. The first-order chi connectivity index (χ1) is 13.1. The molecule has 7 heteroatoms. The van der Waals surface area contributed by atoms with Crippen LogP contribution >= 0.6 is 15.9 Å². The molecule has 2 saturated heterocycles. The second-order valence-corrected chi connectivity index (χ2v) is 9.57. The van der Waals surface area contributed by atoms with E-state index in [1.807, 2.05) is 37.8 Å². The van der Waals surface area contributed by atoms with Crippen molar-refractivity contribution in [2.75, 3.05) is 19.6 Å². The van der Waals surface area contributed by atoms with E-state index < -0.39 is 0 Å². The van der Waals surface area contributed by atoms with Crippen LogP contribution in [-0.4, -0.2) is 58.7 Å². The highest BCUT2D eigenvalue weighted by Gasteiger charge is 2.41. The smallest absolute Gasteiger partial charge is 0.251 e. The number of nitrogens with zero attached hydrogens (tertiary/aromatic N) is 2. The number of piperidine rings is 1. The van der Waals surface area contributed by atoms with Gasteiger partial charge in [0.25, 0.3) is 5.91 Å². The highest BCUT2D eigenvalue weighted by molar-refractivity contribution is 9.10. The van der Waals surface area contributed by atoms with Gasteiger partial charge in [0.1, 0.15) is 0 Å². The molecule has 1 aromatic carbocycles. The minimum Gasteiger partial charge on any atom is -0.349 e. The summed E-state index contributed by atoms with van der Waals surface area (Å²) in [5.74, 6) is -0.208. The lowest BCUT2D eigenvalue weighted by Crippen LogP contribution is -2.48. The number of benzene rings is 1. The second kappa shape index (κ2) is 8.23. The molecule has 3 rings (SSSR count). The fraction of sp³-hybridized carbons (Fsp3) is 0.571. The molecule has 0 radical (unpaired) electrons. The third-order valence-electron chi connectivity index (χ3n) is 5.53. The van der Waals surface area contributed by atoms with Crippen molar-refractivity contribution in [3.05, 3.63) is 34.3 Å². The first-order valence-electron chi connectivity index (χ1n) is 9.81. The van der Waals surface area contributed by atoms with Gasteiger partial charge in [0, 0.05) is 47.7 Å². The fourth-order valence-electron chi connectivity index (χ4n) is 3.89. The molecule has 2 aliphatic heterocycles. The molecule has 0 bridgehead atoms. The largest absolute Gasteiger partial charge is 0.349 e. The lowest BCUT2D eigenvalue weighted by Gasteiger charge is -2.35. The van der Waals surface area contributed by atoms with Gasteiger partial charge < -0.3 is 15.1 Å². The van der Waals surface area contributed by atoms with Crippen molar-refractivity contribution in [2.45, 2.75) is 51.6 Å². The van der Waals surface area contributed by atoms with Gasteiger partial charge in [0.2, 0.25) is 11.8 Å². The molecule has 0 saturated carbocycles. The van der Waals surface area contributed by atoms with E-state index in [-0.39, 0.29) is 35.2 Å². The molecule has 2 fully saturated rings. The van der Waals surface area contributed by atoms with Gasteiger partial charge in [0.15, 0.2) is 0 Å². The average molecular weight is 450 g/mol. The second-order valence-electron chi connectivity index (χ2n) is 8.66. The van der Waals surface area contributed by atoms with Crippen LogP contribution < -0.4 is 5.32 Å². The van der Waals surface area contributed by atoms with Crippen LogP contribution in [0.25, 0.3) is 0 Å². The molecule has 28 heavy (non-hydrogen) atoms. The molecular weight excluding hydrogens is 422 g/mol. The molecule has 1 N–H and O–H groups in total. The molecule has 1 aromatic rings. The van der Waals surface area contributed by atoms with Crippen molar-refractivity contribution < 1.29 is 14.4 Å². The standard InChI is InChI=1S/C21H28BrN3O3/c1-21(2,3)25-13-15(12-18(25)26)20(28)24-10-8-17(9-11-24)23-19(27)14-4-6-16(22)7-5-14/h4-7,15,17H,8-13H2,1-3H3,(H,23,27). The van der Waals surface area contributed by atoms with Crippen LogP contribution in [0.4, 0.5) is 0 Å². The van der Waals surface area contributed by atoms with Crippen LogP contribution in [0.15, 0.2) is 28.7 Å². The van der Waals surface area contributed by atoms with Crippen molar-refractivity contribution in [3.63, 3.8) is 0 Å². The van der Waals surface area contributed by atoms with E-state index in [0.717, 1.165) is 17.3 Å². The maximum absolute atomic E-state index is 12.9. The van der Waals surface area contributed by atoms with Gasteiger partial charge >= 0.3 is 0 Å². The summed E-state index contributed by atoms with van der Waals surface area (Å²) in [4.78, 5) is 41.1. The number of halogens is 1. The first kappa shape index (κ1) is 20.8. The summed E-state index contributed by atoms with van der Waals surface area (Å²) in [6.07, 6.45) is 1.77. The van der Waals surface area contributed by atoms with Gasteiger partial charge in [-0.25, -0.2) is 0 Å². The molecule has 0 aromatic heterocycles. The molecule has 2 heterocycles. The van der Waals surface area contributed by atoms with Crippen LogP contribution in [0.5, 0.6) is 0 Å². The van der Waals surface area contributed by atoms with Crippen molar-refractivity contribution in [2.24, 2.45) is 5.92 Å². The van der Waals surface area contributed by atoms with E-state index >= 15 is 0 Å². The van der Waals surface area contributed by atoms with Crippen molar-refractivity contribution in [3.8, 4) is 0 Å². The summed E-state index contributed by atoms with van der Waals surface area (Å²) in [6.45, 7) is 7.72. The van der Waals surface area contributed by atoms with E-state index in [1.165, 1.54) is 0 Å². The lowest BCUT2D eigenvalue weighted by atomic mass is 10.0. The minimum absolute atomic E-state index is 0.0579. The summed E-state index contributed by atoms with van der Waals surface area (Å²) in [5.41, 5.74) is 0.379. The van der Waals surface area contributed by atoms with Crippen LogP contribution in [0.1, 0.15) is 50.4 Å². The zero-order valence-corrected chi connectivity index (χ0v) is 18.3. The van der Waals surface area contributed by atoms with Gasteiger partial charge in [-0.3, -0.25) is 14.4 Å². The zero-order valence-electron chi connectivity index (χ0n) is 16.7. The van der Waals surface area contributed by atoms with Crippen LogP contribution in [0.2, 0.25) is 0 Å². The Bertz CT molecular complexity index is 749. The monoisotopic (exact) mass is 449 g/mol. The molecular formula is C21H28BrN3O3. The van der Waals surface area contributed by atoms with Crippen LogP contribution in [0, 0.1) is 5.92 Å². The van der Waals surface area contributed by atoms with Crippen molar-refractivity contribution in [1.82, 2.24) is 15.1 Å². The average Bonchev–Trinajstić information content (AvgIpc) is 3.04. The molecule has 2 aliphatic rings. The Kier molecular flexibility index (Phi) is 6.12.